The van der Waals surface area contributed by atoms with Crippen LogP contribution >= 0.6 is 0 Å². The zero-order valence-electron chi connectivity index (χ0n) is 9.30. The molecule has 2 unspecified atom stereocenters. The smallest absolute Gasteiger partial charge is 0.307 e. The molecule has 0 aliphatic heterocycles. The lowest BCUT2D eigenvalue weighted by Crippen LogP contribution is -2.03. The van der Waals surface area contributed by atoms with Gasteiger partial charge in [-0.3, -0.25) is 4.79 Å². The summed E-state index contributed by atoms with van der Waals surface area (Å²) in [6, 6.07) is 1.74. The molecule has 92 valence electrons. The Morgan fingerprint density at radius 3 is 2.06 bits per heavy atom. The summed E-state index contributed by atoms with van der Waals surface area (Å²) in [5, 5.41) is 8.95. The molecule has 2 rings (SSSR count). The first kappa shape index (κ1) is 12.0. The lowest BCUT2D eigenvalue weighted by molar-refractivity contribution is -0.139. The van der Waals surface area contributed by atoms with Gasteiger partial charge in [0.2, 0.25) is 0 Å². The molecule has 17 heavy (non-hydrogen) atoms. The maximum atomic E-state index is 13.0. The Hall–Kier alpha value is -1.52. The van der Waals surface area contributed by atoms with Gasteiger partial charge >= 0.3 is 5.97 Å². The van der Waals surface area contributed by atoms with Crippen molar-refractivity contribution in [1.82, 2.24) is 0 Å². The summed E-state index contributed by atoms with van der Waals surface area (Å²) in [6.07, 6.45) is 0. The van der Waals surface area contributed by atoms with Crippen LogP contribution in [-0.2, 0) is 4.79 Å². The van der Waals surface area contributed by atoms with Gasteiger partial charge in [0.05, 0.1) is 5.92 Å². The molecule has 1 fully saturated rings. The molecular weight excluding hydrogens is 233 g/mol. The van der Waals surface area contributed by atoms with E-state index in [1.807, 2.05) is 0 Å². The number of benzene rings is 1. The molecule has 0 saturated heterocycles. The standard InChI is InChI=1S/C12H11F3O2/c1-12(2)8(9(12)11(16)17)5-3-6(13)10(15)7(14)4-5/h3-4,8-9H,1-2H3,(H,16,17). The quantitative estimate of drug-likeness (QED) is 0.812. The van der Waals surface area contributed by atoms with E-state index in [1.54, 1.807) is 13.8 Å². The molecule has 1 aromatic rings. The fourth-order valence-corrected chi connectivity index (χ4v) is 2.48. The SMILES string of the molecule is CC1(C)C(C(=O)O)C1c1cc(F)c(F)c(F)c1. The normalized spacial score (nSPS) is 25.7. The molecule has 0 amide bonds. The molecule has 0 aromatic heterocycles. The molecule has 1 aliphatic carbocycles. The fraction of sp³-hybridized carbons (Fsp3) is 0.417. The van der Waals surface area contributed by atoms with Crippen LogP contribution < -0.4 is 0 Å². The molecule has 1 aliphatic rings. The summed E-state index contributed by atoms with van der Waals surface area (Å²) < 4.78 is 38.9. The van der Waals surface area contributed by atoms with E-state index in [-0.39, 0.29) is 5.56 Å². The Labute approximate surface area is 96.1 Å². The van der Waals surface area contributed by atoms with Gasteiger partial charge in [-0.25, -0.2) is 13.2 Å². The minimum atomic E-state index is -1.53. The highest BCUT2D eigenvalue weighted by Crippen LogP contribution is 2.64. The van der Waals surface area contributed by atoms with Gasteiger partial charge in [-0.15, -0.1) is 0 Å². The Kier molecular flexibility index (Phi) is 2.45. The molecule has 1 N–H and O–H groups in total. The molecule has 1 aromatic carbocycles. The molecular formula is C12H11F3O2. The first-order valence-electron chi connectivity index (χ1n) is 5.14. The average Bonchev–Trinajstić information content (AvgIpc) is 2.77. The van der Waals surface area contributed by atoms with Gasteiger partial charge in [0.25, 0.3) is 0 Å². The van der Waals surface area contributed by atoms with Crippen molar-refractivity contribution in [3.8, 4) is 0 Å². The van der Waals surface area contributed by atoms with E-state index in [9.17, 15) is 18.0 Å². The number of rotatable bonds is 2. The van der Waals surface area contributed by atoms with Crippen LogP contribution in [-0.4, -0.2) is 11.1 Å². The highest BCUT2D eigenvalue weighted by Gasteiger charge is 2.62. The molecule has 2 atom stereocenters. The third kappa shape index (κ3) is 1.69. The number of carboxylic acids is 1. The molecule has 5 heteroatoms. The molecule has 0 bridgehead atoms. The van der Waals surface area contributed by atoms with E-state index in [0.717, 1.165) is 12.1 Å². The third-order valence-corrected chi connectivity index (χ3v) is 3.46. The summed E-state index contributed by atoms with van der Waals surface area (Å²) in [7, 11) is 0. The second kappa shape index (κ2) is 3.48. The maximum absolute atomic E-state index is 13.0. The minimum Gasteiger partial charge on any atom is -0.481 e. The van der Waals surface area contributed by atoms with E-state index >= 15 is 0 Å². The van der Waals surface area contributed by atoms with Gasteiger partial charge in [-0.2, -0.15) is 0 Å². The lowest BCUT2D eigenvalue weighted by atomic mass is 10.0. The number of aliphatic carboxylic acids is 1. The molecule has 2 nitrogen and oxygen atoms in total. The van der Waals surface area contributed by atoms with Crippen molar-refractivity contribution < 1.29 is 23.1 Å². The summed E-state index contributed by atoms with van der Waals surface area (Å²) in [5.74, 6) is -6.28. The molecule has 0 spiro atoms. The van der Waals surface area contributed by atoms with Crippen molar-refractivity contribution in [3.05, 3.63) is 35.1 Å². The van der Waals surface area contributed by atoms with Gasteiger partial charge in [-0.05, 0) is 23.1 Å². The van der Waals surface area contributed by atoms with Crippen LogP contribution in [0.5, 0.6) is 0 Å². The van der Waals surface area contributed by atoms with Crippen LogP contribution in [0.2, 0.25) is 0 Å². The van der Waals surface area contributed by atoms with E-state index in [2.05, 4.69) is 0 Å². The number of hydrogen-bond acceptors (Lipinski definition) is 1. The highest BCUT2D eigenvalue weighted by molar-refractivity contribution is 5.77. The van der Waals surface area contributed by atoms with Crippen molar-refractivity contribution in [2.75, 3.05) is 0 Å². The molecule has 1 saturated carbocycles. The first-order valence-corrected chi connectivity index (χ1v) is 5.14. The number of carbonyl (C=O) groups is 1. The van der Waals surface area contributed by atoms with Gasteiger partial charge in [-0.1, -0.05) is 13.8 Å². The van der Waals surface area contributed by atoms with Gasteiger partial charge < -0.3 is 5.11 Å². The number of carboxylic acid groups (broad SMARTS) is 1. The van der Waals surface area contributed by atoms with Crippen LogP contribution in [0.3, 0.4) is 0 Å². The summed E-state index contributed by atoms with van der Waals surface area (Å²) in [5.41, 5.74) is -0.374. The first-order chi connectivity index (χ1) is 7.76. The Balaban J connectivity index is 2.41. The summed E-state index contributed by atoms with van der Waals surface area (Å²) >= 11 is 0. The van der Waals surface area contributed by atoms with E-state index in [1.165, 1.54) is 0 Å². The van der Waals surface area contributed by atoms with Crippen LogP contribution in [0.4, 0.5) is 13.2 Å². The fourth-order valence-electron chi connectivity index (χ4n) is 2.48. The number of halogens is 3. The van der Waals surface area contributed by atoms with Crippen LogP contribution in [0.15, 0.2) is 12.1 Å². The van der Waals surface area contributed by atoms with Gasteiger partial charge in [0.1, 0.15) is 0 Å². The van der Waals surface area contributed by atoms with Crippen molar-refractivity contribution in [3.63, 3.8) is 0 Å². The summed E-state index contributed by atoms with van der Waals surface area (Å²) in [6.45, 7) is 3.41. The largest absolute Gasteiger partial charge is 0.481 e. The van der Waals surface area contributed by atoms with E-state index in [0.29, 0.717) is 0 Å². The molecule has 0 radical (unpaired) electrons. The van der Waals surface area contributed by atoms with Crippen LogP contribution in [0, 0.1) is 28.8 Å². The highest BCUT2D eigenvalue weighted by atomic mass is 19.2. The van der Waals surface area contributed by atoms with Crippen LogP contribution in [0.25, 0.3) is 0 Å². The monoisotopic (exact) mass is 244 g/mol. The van der Waals surface area contributed by atoms with Crippen molar-refractivity contribution in [2.24, 2.45) is 11.3 Å². The Bertz CT molecular complexity index is 474. The zero-order chi connectivity index (χ0) is 13.0. The van der Waals surface area contributed by atoms with Crippen molar-refractivity contribution >= 4 is 5.97 Å². The second-order valence-corrected chi connectivity index (χ2v) is 4.91. The van der Waals surface area contributed by atoms with Crippen LogP contribution in [0.1, 0.15) is 25.3 Å². The predicted octanol–water partition coefficient (Wildman–Crippen LogP) is 2.93. The lowest BCUT2D eigenvalue weighted by Gasteiger charge is -2.04. The van der Waals surface area contributed by atoms with Gasteiger partial charge in [0, 0.05) is 5.92 Å². The van der Waals surface area contributed by atoms with Crippen molar-refractivity contribution in [2.45, 2.75) is 19.8 Å². The molecule has 0 heterocycles. The van der Waals surface area contributed by atoms with Gasteiger partial charge in [0.15, 0.2) is 17.5 Å². The minimum absolute atomic E-state index is 0.193. The summed E-state index contributed by atoms with van der Waals surface area (Å²) in [4.78, 5) is 10.9. The predicted molar refractivity (Wildman–Crippen MR) is 54.0 cm³/mol. The zero-order valence-corrected chi connectivity index (χ0v) is 9.30. The second-order valence-electron chi connectivity index (χ2n) is 4.91. The Morgan fingerprint density at radius 2 is 1.71 bits per heavy atom. The third-order valence-electron chi connectivity index (χ3n) is 3.46. The maximum Gasteiger partial charge on any atom is 0.307 e. The van der Waals surface area contributed by atoms with E-state index in [4.69, 9.17) is 5.11 Å². The van der Waals surface area contributed by atoms with Crippen molar-refractivity contribution in [1.29, 1.82) is 0 Å². The number of hydrogen-bond donors (Lipinski definition) is 1. The van der Waals surface area contributed by atoms with E-state index < -0.39 is 40.7 Å². The Morgan fingerprint density at radius 1 is 1.24 bits per heavy atom. The topological polar surface area (TPSA) is 37.3 Å². The average molecular weight is 244 g/mol.